The van der Waals surface area contributed by atoms with Crippen molar-refractivity contribution in [2.75, 3.05) is 19.5 Å². The molecule has 1 aromatic heterocycles. The minimum Gasteiger partial charge on any atom is -0.493 e. The topological polar surface area (TPSA) is 65.4 Å². The van der Waals surface area contributed by atoms with E-state index in [2.05, 4.69) is 40.6 Å². The van der Waals surface area contributed by atoms with Gasteiger partial charge < -0.3 is 19.4 Å². The number of nitrogens with one attached hydrogen (secondary N) is 1. The first kappa shape index (κ1) is 20.2. The molecular weight excluding hydrogens is 390 g/mol. The third-order valence-corrected chi connectivity index (χ3v) is 4.92. The number of aromatic nitrogens is 2. The van der Waals surface area contributed by atoms with E-state index < -0.39 is 0 Å². The van der Waals surface area contributed by atoms with Gasteiger partial charge in [-0.05, 0) is 41.0 Å². The van der Waals surface area contributed by atoms with Crippen molar-refractivity contribution < 1.29 is 14.3 Å². The summed E-state index contributed by atoms with van der Waals surface area (Å²) in [6, 6.07) is 23.7. The molecule has 1 amide bonds. The first-order valence-corrected chi connectivity index (χ1v) is 9.86. The first-order valence-electron chi connectivity index (χ1n) is 9.86. The Hall–Kier alpha value is -4.06. The average Bonchev–Trinajstić information content (AvgIpc) is 3.25. The van der Waals surface area contributed by atoms with Crippen LogP contribution in [0, 0.1) is 0 Å². The second-order valence-corrected chi connectivity index (χ2v) is 7.02. The highest BCUT2D eigenvalue weighted by Gasteiger charge is 2.12. The van der Waals surface area contributed by atoms with Crippen LogP contribution >= 0.6 is 0 Å². The minimum absolute atomic E-state index is 0.266. The SMILES string of the molecule is COc1ccc(C(=O)Nc2cn(Cc3cccc(-c4ccccc4)c3)cn2)cc1OC. The average molecular weight is 413 g/mol. The van der Waals surface area contributed by atoms with E-state index in [9.17, 15) is 4.79 Å². The highest BCUT2D eigenvalue weighted by atomic mass is 16.5. The Morgan fingerprint density at radius 3 is 2.45 bits per heavy atom. The van der Waals surface area contributed by atoms with Gasteiger partial charge in [0.15, 0.2) is 17.3 Å². The van der Waals surface area contributed by atoms with Gasteiger partial charge in [0, 0.05) is 18.3 Å². The minimum atomic E-state index is -0.266. The highest BCUT2D eigenvalue weighted by Crippen LogP contribution is 2.28. The fourth-order valence-electron chi connectivity index (χ4n) is 3.37. The molecule has 0 saturated heterocycles. The van der Waals surface area contributed by atoms with Crippen molar-refractivity contribution in [3.05, 3.63) is 96.4 Å². The van der Waals surface area contributed by atoms with Crippen LogP contribution in [0.3, 0.4) is 0 Å². The van der Waals surface area contributed by atoms with Gasteiger partial charge in [-0.25, -0.2) is 4.98 Å². The Balaban J connectivity index is 1.45. The van der Waals surface area contributed by atoms with E-state index in [4.69, 9.17) is 9.47 Å². The first-order chi connectivity index (χ1) is 15.2. The smallest absolute Gasteiger partial charge is 0.256 e. The number of ether oxygens (including phenoxy) is 2. The summed E-state index contributed by atoms with van der Waals surface area (Å²) in [4.78, 5) is 16.9. The van der Waals surface area contributed by atoms with Gasteiger partial charge in [-0.2, -0.15) is 0 Å². The summed E-state index contributed by atoms with van der Waals surface area (Å²) in [7, 11) is 3.09. The third kappa shape index (κ3) is 4.75. The Labute approximate surface area is 181 Å². The standard InChI is InChI=1S/C25H23N3O3/c1-30-22-12-11-21(14-23(22)31-2)25(29)27-24-16-28(17-26-24)15-18-7-6-10-20(13-18)19-8-4-3-5-9-19/h3-14,16-17H,15H2,1-2H3,(H,27,29). The van der Waals surface area contributed by atoms with Crippen LogP contribution in [0.4, 0.5) is 5.82 Å². The Bertz CT molecular complexity index is 1190. The lowest BCUT2D eigenvalue weighted by Gasteiger charge is -2.09. The Morgan fingerprint density at radius 2 is 1.68 bits per heavy atom. The van der Waals surface area contributed by atoms with Crippen molar-refractivity contribution in [2.24, 2.45) is 0 Å². The summed E-state index contributed by atoms with van der Waals surface area (Å²) in [6.45, 7) is 0.653. The zero-order valence-corrected chi connectivity index (χ0v) is 17.4. The van der Waals surface area contributed by atoms with Crippen LogP contribution in [-0.4, -0.2) is 29.7 Å². The van der Waals surface area contributed by atoms with Crippen LogP contribution in [0.1, 0.15) is 15.9 Å². The maximum Gasteiger partial charge on any atom is 0.256 e. The normalized spacial score (nSPS) is 10.5. The van der Waals surface area contributed by atoms with Gasteiger partial charge in [-0.1, -0.05) is 48.5 Å². The Morgan fingerprint density at radius 1 is 0.903 bits per heavy atom. The van der Waals surface area contributed by atoms with Crippen molar-refractivity contribution in [2.45, 2.75) is 6.54 Å². The number of carbonyl (C=O) groups excluding carboxylic acids is 1. The molecule has 4 aromatic rings. The van der Waals surface area contributed by atoms with E-state index in [1.54, 1.807) is 31.6 Å². The zero-order valence-electron chi connectivity index (χ0n) is 17.4. The summed E-state index contributed by atoms with van der Waals surface area (Å²) in [5.74, 6) is 1.29. The molecule has 1 heterocycles. The number of hydrogen-bond donors (Lipinski definition) is 1. The number of nitrogens with zero attached hydrogens (tertiary/aromatic N) is 2. The molecule has 0 spiro atoms. The van der Waals surface area contributed by atoms with Crippen LogP contribution in [0.25, 0.3) is 11.1 Å². The van der Waals surface area contributed by atoms with Gasteiger partial charge >= 0.3 is 0 Å². The number of rotatable bonds is 7. The highest BCUT2D eigenvalue weighted by molar-refractivity contribution is 6.04. The number of imidazole rings is 1. The molecule has 0 saturated carbocycles. The van der Waals surface area contributed by atoms with E-state index in [0.717, 1.165) is 5.56 Å². The summed E-state index contributed by atoms with van der Waals surface area (Å²) in [5.41, 5.74) is 3.96. The maximum atomic E-state index is 12.6. The van der Waals surface area contributed by atoms with Gasteiger partial charge in [-0.3, -0.25) is 4.79 Å². The van der Waals surface area contributed by atoms with E-state index in [1.807, 2.05) is 35.0 Å². The molecule has 3 aromatic carbocycles. The van der Waals surface area contributed by atoms with Gasteiger partial charge in [0.1, 0.15) is 0 Å². The molecule has 0 unspecified atom stereocenters. The van der Waals surface area contributed by atoms with Gasteiger partial charge in [0.05, 0.1) is 20.5 Å². The van der Waals surface area contributed by atoms with Crippen molar-refractivity contribution >= 4 is 11.7 Å². The quantitative estimate of drug-likeness (QED) is 0.470. The summed E-state index contributed by atoms with van der Waals surface area (Å²) in [5, 5.41) is 2.82. The van der Waals surface area contributed by atoms with E-state index in [1.165, 1.54) is 18.2 Å². The predicted molar refractivity (Wildman–Crippen MR) is 121 cm³/mol. The molecule has 0 aliphatic heterocycles. The van der Waals surface area contributed by atoms with Gasteiger partial charge in [0.25, 0.3) is 5.91 Å². The number of carbonyl (C=O) groups is 1. The van der Waals surface area contributed by atoms with Crippen LogP contribution in [0.15, 0.2) is 85.3 Å². The van der Waals surface area contributed by atoms with Crippen molar-refractivity contribution in [3.63, 3.8) is 0 Å². The second-order valence-electron chi connectivity index (χ2n) is 7.02. The largest absolute Gasteiger partial charge is 0.493 e. The molecular formula is C25H23N3O3. The lowest BCUT2D eigenvalue weighted by molar-refractivity contribution is 0.102. The van der Waals surface area contributed by atoms with E-state index in [0.29, 0.717) is 29.4 Å². The number of anilines is 1. The molecule has 31 heavy (non-hydrogen) atoms. The molecule has 1 N–H and O–H groups in total. The van der Waals surface area contributed by atoms with Crippen molar-refractivity contribution in [1.29, 1.82) is 0 Å². The van der Waals surface area contributed by atoms with Crippen molar-refractivity contribution in [3.8, 4) is 22.6 Å². The van der Waals surface area contributed by atoms with Gasteiger partial charge in [0.2, 0.25) is 0 Å². The monoisotopic (exact) mass is 413 g/mol. The van der Waals surface area contributed by atoms with Crippen LogP contribution in [-0.2, 0) is 6.54 Å². The number of benzene rings is 3. The Kier molecular flexibility index (Phi) is 5.98. The maximum absolute atomic E-state index is 12.6. The number of methoxy groups -OCH3 is 2. The molecule has 0 fully saturated rings. The summed E-state index contributed by atoms with van der Waals surface area (Å²) < 4.78 is 12.4. The van der Waals surface area contributed by atoms with Crippen molar-refractivity contribution in [1.82, 2.24) is 9.55 Å². The predicted octanol–water partition coefficient (Wildman–Crippen LogP) is 4.87. The zero-order chi connectivity index (χ0) is 21.6. The molecule has 6 heteroatoms. The fourth-order valence-corrected chi connectivity index (χ4v) is 3.37. The molecule has 0 radical (unpaired) electrons. The third-order valence-electron chi connectivity index (χ3n) is 4.92. The molecule has 4 rings (SSSR count). The molecule has 6 nitrogen and oxygen atoms in total. The van der Waals surface area contributed by atoms with E-state index >= 15 is 0 Å². The summed E-state index contributed by atoms with van der Waals surface area (Å²) >= 11 is 0. The van der Waals surface area contributed by atoms with Crippen LogP contribution < -0.4 is 14.8 Å². The number of amides is 1. The second kappa shape index (κ2) is 9.17. The summed E-state index contributed by atoms with van der Waals surface area (Å²) in [6.07, 6.45) is 3.52. The van der Waals surface area contributed by atoms with Gasteiger partial charge in [-0.15, -0.1) is 0 Å². The van der Waals surface area contributed by atoms with Crippen LogP contribution in [0.2, 0.25) is 0 Å². The van der Waals surface area contributed by atoms with E-state index in [-0.39, 0.29) is 5.91 Å². The lowest BCUT2D eigenvalue weighted by atomic mass is 10.0. The molecule has 156 valence electrons. The molecule has 0 atom stereocenters. The van der Waals surface area contributed by atoms with Crippen LogP contribution in [0.5, 0.6) is 11.5 Å². The number of hydrogen-bond acceptors (Lipinski definition) is 4. The molecule has 0 aliphatic rings. The fraction of sp³-hybridized carbons (Fsp3) is 0.120. The lowest BCUT2D eigenvalue weighted by Crippen LogP contribution is -2.12. The molecule has 0 aliphatic carbocycles. The molecule has 0 bridgehead atoms.